The Balaban J connectivity index is 2.48. The summed E-state index contributed by atoms with van der Waals surface area (Å²) in [6, 6.07) is 6.54. The van der Waals surface area contributed by atoms with Crippen LogP contribution in [0.4, 0.5) is 4.39 Å². The van der Waals surface area contributed by atoms with Crippen LogP contribution in [0.25, 0.3) is 11.1 Å². The Morgan fingerprint density at radius 3 is 2.71 bits per heavy atom. The standard InChI is InChI=1S/C11H9FOS/c12-11-4-8(6-13)3-10(5-11)9-1-2-14-7-9/h1-5,7,13H,6H2. The second-order valence-corrected chi connectivity index (χ2v) is 3.80. The summed E-state index contributed by atoms with van der Waals surface area (Å²) < 4.78 is 13.1. The third kappa shape index (κ3) is 1.84. The lowest BCUT2D eigenvalue weighted by molar-refractivity contribution is 0.281. The number of thiophene rings is 1. The molecule has 2 aromatic rings. The van der Waals surface area contributed by atoms with E-state index in [2.05, 4.69) is 0 Å². The summed E-state index contributed by atoms with van der Waals surface area (Å²) in [4.78, 5) is 0. The van der Waals surface area contributed by atoms with Crippen molar-refractivity contribution in [2.75, 3.05) is 0 Å². The fourth-order valence-corrected chi connectivity index (χ4v) is 2.00. The minimum absolute atomic E-state index is 0.130. The van der Waals surface area contributed by atoms with Crippen molar-refractivity contribution in [3.63, 3.8) is 0 Å². The van der Waals surface area contributed by atoms with Crippen molar-refractivity contribution in [1.29, 1.82) is 0 Å². The van der Waals surface area contributed by atoms with Gasteiger partial charge in [-0.1, -0.05) is 0 Å². The lowest BCUT2D eigenvalue weighted by atomic mass is 10.1. The molecule has 1 nitrogen and oxygen atoms in total. The molecule has 0 atom stereocenters. The Hall–Kier alpha value is -1.19. The van der Waals surface area contributed by atoms with E-state index >= 15 is 0 Å². The van der Waals surface area contributed by atoms with Gasteiger partial charge in [0.1, 0.15) is 5.82 Å². The van der Waals surface area contributed by atoms with Gasteiger partial charge in [0.05, 0.1) is 6.61 Å². The quantitative estimate of drug-likeness (QED) is 0.804. The molecule has 1 N–H and O–H groups in total. The number of hydrogen-bond acceptors (Lipinski definition) is 2. The van der Waals surface area contributed by atoms with Gasteiger partial charge in [0.25, 0.3) is 0 Å². The first-order valence-corrected chi connectivity index (χ1v) is 5.17. The van der Waals surface area contributed by atoms with Crippen molar-refractivity contribution >= 4 is 11.3 Å². The van der Waals surface area contributed by atoms with Gasteiger partial charge in [0.15, 0.2) is 0 Å². The first kappa shape index (κ1) is 9.37. The second-order valence-electron chi connectivity index (χ2n) is 3.02. The van der Waals surface area contributed by atoms with E-state index in [0.717, 1.165) is 11.1 Å². The Labute approximate surface area is 85.5 Å². The molecule has 0 fully saturated rings. The van der Waals surface area contributed by atoms with Gasteiger partial charge in [0.2, 0.25) is 0 Å². The summed E-state index contributed by atoms with van der Waals surface area (Å²) >= 11 is 1.57. The molecule has 0 saturated heterocycles. The number of halogens is 1. The summed E-state index contributed by atoms with van der Waals surface area (Å²) in [5.74, 6) is -0.308. The van der Waals surface area contributed by atoms with Gasteiger partial charge in [-0.05, 0) is 51.7 Å². The van der Waals surface area contributed by atoms with Crippen LogP contribution >= 0.6 is 11.3 Å². The van der Waals surface area contributed by atoms with E-state index in [1.165, 1.54) is 12.1 Å². The predicted molar refractivity (Wildman–Crippen MR) is 55.6 cm³/mol. The highest BCUT2D eigenvalue weighted by atomic mass is 32.1. The Kier molecular flexibility index (Phi) is 2.61. The lowest BCUT2D eigenvalue weighted by Gasteiger charge is -2.01. The summed E-state index contributed by atoms with van der Waals surface area (Å²) in [6.07, 6.45) is 0. The molecule has 2 rings (SSSR count). The van der Waals surface area contributed by atoms with Crippen molar-refractivity contribution in [2.45, 2.75) is 6.61 Å². The van der Waals surface area contributed by atoms with E-state index < -0.39 is 0 Å². The smallest absolute Gasteiger partial charge is 0.124 e. The molecule has 14 heavy (non-hydrogen) atoms. The van der Waals surface area contributed by atoms with Crippen molar-refractivity contribution in [3.8, 4) is 11.1 Å². The zero-order valence-electron chi connectivity index (χ0n) is 7.40. The highest BCUT2D eigenvalue weighted by Gasteiger charge is 2.02. The molecule has 3 heteroatoms. The molecule has 0 aliphatic rings. The number of aliphatic hydroxyl groups excluding tert-OH is 1. The van der Waals surface area contributed by atoms with Crippen LogP contribution in [-0.2, 0) is 6.61 Å². The van der Waals surface area contributed by atoms with Crippen LogP contribution in [0.3, 0.4) is 0 Å². The number of rotatable bonds is 2. The van der Waals surface area contributed by atoms with Gasteiger partial charge in [0, 0.05) is 0 Å². The van der Waals surface area contributed by atoms with Crippen molar-refractivity contribution in [2.24, 2.45) is 0 Å². The van der Waals surface area contributed by atoms with Gasteiger partial charge in [-0.2, -0.15) is 11.3 Å². The van der Waals surface area contributed by atoms with Crippen LogP contribution in [0.5, 0.6) is 0 Å². The Morgan fingerprint density at radius 1 is 1.21 bits per heavy atom. The molecule has 0 radical (unpaired) electrons. The van der Waals surface area contributed by atoms with Crippen LogP contribution < -0.4 is 0 Å². The average Bonchev–Trinajstić information content (AvgIpc) is 2.69. The number of benzene rings is 1. The zero-order chi connectivity index (χ0) is 9.97. The zero-order valence-corrected chi connectivity index (χ0v) is 8.22. The van der Waals surface area contributed by atoms with Gasteiger partial charge < -0.3 is 5.11 Å². The molecular formula is C11H9FOS. The van der Waals surface area contributed by atoms with E-state index in [1.807, 2.05) is 16.8 Å². The lowest BCUT2D eigenvalue weighted by Crippen LogP contribution is -1.86. The van der Waals surface area contributed by atoms with Crippen LogP contribution in [0, 0.1) is 5.82 Å². The Bertz CT molecular complexity index is 423. The SMILES string of the molecule is OCc1cc(F)cc(-c2ccsc2)c1. The normalized spacial score (nSPS) is 10.4. The topological polar surface area (TPSA) is 20.2 Å². The van der Waals surface area contributed by atoms with Gasteiger partial charge in [-0.3, -0.25) is 0 Å². The van der Waals surface area contributed by atoms with E-state index in [4.69, 9.17) is 5.11 Å². The van der Waals surface area contributed by atoms with Crippen molar-refractivity contribution < 1.29 is 9.50 Å². The van der Waals surface area contributed by atoms with Crippen molar-refractivity contribution in [1.82, 2.24) is 0 Å². The molecule has 0 spiro atoms. The van der Waals surface area contributed by atoms with E-state index in [1.54, 1.807) is 17.4 Å². The maximum atomic E-state index is 13.1. The molecule has 1 aromatic heterocycles. The fraction of sp³-hybridized carbons (Fsp3) is 0.0909. The van der Waals surface area contributed by atoms with E-state index in [0.29, 0.717) is 5.56 Å². The van der Waals surface area contributed by atoms with Gasteiger partial charge >= 0.3 is 0 Å². The summed E-state index contributed by atoms with van der Waals surface area (Å²) in [6.45, 7) is -0.130. The molecule has 1 aromatic carbocycles. The van der Waals surface area contributed by atoms with Gasteiger partial charge in [-0.15, -0.1) is 0 Å². The van der Waals surface area contributed by atoms with Crippen LogP contribution in [0.15, 0.2) is 35.0 Å². The molecule has 0 amide bonds. The molecule has 72 valence electrons. The van der Waals surface area contributed by atoms with Crippen LogP contribution in [0.1, 0.15) is 5.56 Å². The molecule has 1 heterocycles. The van der Waals surface area contributed by atoms with Crippen LogP contribution in [-0.4, -0.2) is 5.11 Å². The number of aliphatic hydroxyl groups is 1. The molecular weight excluding hydrogens is 199 g/mol. The Morgan fingerprint density at radius 2 is 2.07 bits per heavy atom. The third-order valence-corrected chi connectivity index (χ3v) is 2.68. The predicted octanol–water partition coefficient (Wildman–Crippen LogP) is 3.05. The summed E-state index contributed by atoms with van der Waals surface area (Å²) in [5, 5.41) is 12.8. The number of hydrogen-bond donors (Lipinski definition) is 1. The third-order valence-electron chi connectivity index (χ3n) is 1.99. The second kappa shape index (κ2) is 3.90. The maximum absolute atomic E-state index is 13.1. The summed E-state index contributed by atoms with van der Waals surface area (Å²) in [7, 11) is 0. The molecule has 0 saturated carbocycles. The molecule has 0 unspecified atom stereocenters. The largest absolute Gasteiger partial charge is 0.392 e. The van der Waals surface area contributed by atoms with Crippen LogP contribution in [0.2, 0.25) is 0 Å². The first-order valence-electron chi connectivity index (χ1n) is 4.22. The van der Waals surface area contributed by atoms with Gasteiger partial charge in [-0.25, -0.2) is 4.39 Å². The minimum atomic E-state index is -0.308. The molecule has 0 aliphatic carbocycles. The molecule has 0 bridgehead atoms. The van der Waals surface area contributed by atoms with E-state index in [-0.39, 0.29) is 12.4 Å². The van der Waals surface area contributed by atoms with Crippen molar-refractivity contribution in [3.05, 3.63) is 46.4 Å². The van der Waals surface area contributed by atoms with E-state index in [9.17, 15) is 4.39 Å². The average molecular weight is 208 g/mol. The monoisotopic (exact) mass is 208 g/mol. The maximum Gasteiger partial charge on any atom is 0.124 e. The fourth-order valence-electron chi connectivity index (χ4n) is 1.34. The highest BCUT2D eigenvalue weighted by Crippen LogP contribution is 2.24. The highest BCUT2D eigenvalue weighted by molar-refractivity contribution is 7.08. The summed E-state index contributed by atoms with van der Waals surface area (Å²) in [5.41, 5.74) is 2.41. The minimum Gasteiger partial charge on any atom is -0.392 e. The first-order chi connectivity index (χ1) is 6.79. The molecule has 0 aliphatic heterocycles.